The van der Waals surface area contributed by atoms with E-state index in [1.54, 1.807) is 9.58 Å². The summed E-state index contributed by atoms with van der Waals surface area (Å²) in [5.74, 6) is -0.248. The third-order valence-electron chi connectivity index (χ3n) is 6.44. The maximum Gasteiger partial charge on any atom is 0.276 e. The van der Waals surface area contributed by atoms with Crippen molar-refractivity contribution in [1.29, 1.82) is 0 Å². The molecule has 0 spiro atoms. The van der Waals surface area contributed by atoms with Crippen molar-refractivity contribution < 1.29 is 14.3 Å². The van der Waals surface area contributed by atoms with Gasteiger partial charge in [0.2, 0.25) is 5.91 Å². The molecule has 0 aliphatic carbocycles. The van der Waals surface area contributed by atoms with Crippen molar-refractivity contribution in [3.8, 4) is 0 Å². The molecule has 3 aromatic rings. The number of nitrogens with zero attached hydrogens (tertiary/aromatic N) is 4. The second-order valence-electron chi connectivity index (χ2n) is 8.70. The van der Waals surface area contributed by atoms with Crippen LogP contribution in [0.25, 0.3) is 0 Å². The number of rotatable bonds is 4. The Hall–Kier alpha value is -3.52. The number of para-hydroxylation sites is 1. The number of carbonyl (C=O) groups excluding carboxylic acids is 2. The lowest BCUT2D eigenvalue weighted by Gasteiger charge is -2.31. The molecule has 8 nitrogen and oxygen atoms in total. The molecule has 1 aromatic heterocycles. The average molecular weight is 446 g/mol. The number of likely N-dealkylation sites (tertiary alicyclic amines) is 1. The molecule has 33 heavy (non-hydrogen) atoms. The highest BCUT2D eigenvalue weighted by atomic mass is 16.5. The van der Waals surface area contributed by atoms with Gasteiger partial charge in [0.1, 0.15) is 6.10 Å². The van der Waals surface area contributed by atoms with Crippen LogP contribution >= 0.6 is 0 Å². The third-order valence-corrected chi connectivity index (χ3v) is 6.44. The molecule has 0 saturated carbocycles. The molecule has 1 unspecified atom stereocenters. The molecule has 2 aromatic carbocycles. The van der Waals surface area contributed by atoms with Crippen LogP contribution < -0.4 is 5.32 Å². The van der Waals surface area contributed by atoms with Gasteiger partial charge in [0.25, 0.3) is 5.91 Å². The highest BCUT2D eigenvalue weighted by Gasteiger charge is 2.33. The average Bonchev–Trinajstić information content (AvgIpc) is 3.28. The Bertz CT molecular complexity index is 1130. The number of aryl methyl sites for hydroxylation is 1. The molecule has 8 heteroatoms. The number of anilines is 1. The molecule has 0 bridgehead atoms. The zero-order valence-electron chi connectivity index (χ0n) is 18.6. The highest BCUT2D eigenvalue weighted by molar-refractivity contribution is 5.94. The molecule has 0 radical (unpaired) electrons. The summed E-state index contributed by atoms with van der Waals surface area (Å²) in [4.78, 5) is 27.5. The first-order chi connectivity index (χ1) is 16.1. The Morgan fingerprint density at radius 2 is 1.76 bits per heavy atom. The summed E-state index contributed by atoms with van der Waals surface area (Å²) in [6.45, 7) is 3.91. The second-order valence-corrected chi connectivity index (χ2v) is 8.70. The topological polar surface area (TPSA) is 89.4 Å². The van der Waals surface area contributed by atoms with Crippen LogP contribution in [0.15, 0.2) is 54.6 Å². The Labute approximate surface area is 192 Å². The van der Waals surface area contributed by atoms with Crippen molar-refractivity contribution in [3.05, 3.63) is 77.1 Å². The minimum Gasteiger partial charge on any atom is -0.365 e. The molecule has 1 atom stereocenters. The van der Waals surface area contributed by atoms with Crippen LogP contribution in [0, 0.1) is 12.8 Å². The van der Waals surface area contributed by atoms with Crippen molar-refractivity contribution in [1.82, 2.24) is 19.9 Å². The number of hydrogen-bond donors (Lipinski definition) is 1. The molecule has 2 aliphatic rings. The van der Waals surface area contributed by atoms with Crippen molar-refractivity contribution in [3.63, 3.8) is 0 Å². The van der Waals surface area contributed by atoms with Crippen LogP contribution in [0.4, 0.5) is 5.69 Å². The van der Waals surface area contributed by atoms with Gasteiger partial charge in [-0.2, -0.15) is 0 Å². The summed E-state index contributed by atoms with van der Waals surface area (Å²) < 4.78 is 7.83. The minimum atomic E-state index is -0.143. The molecule has 2 amide bonds. The largest absolute Gasteiger partial charge is 0.365 e. The van der Waals surface area contributed by atoms with E-state index in [2.05, 4.69) is 46.8 Å². The van der Waals surface area contributed by atoms with Gasteiger partial charge in [-0.1, -0.05) is 53.2 Å². The number of fused-ring (bicyclic) bond motifs is 1. The lowest BCUT2D eigenvalue weighted by atomic mass is 9.95. The van der Waals surface area contributed by atoms with Gasteiger partial charge >= 0.3 is 0 Å². The van der Waals surface area contributed by atoms with Crippen molar-refractivity contribution in [2.24, 2.45) is 5.92 Å². The minimum absolute atomic E-state index is 0.00452. The third kappa shape index (κ3) is 4.52. The van der Waals surface area contributed by atoms with Crippen LogP contribution in [0.5, 0.6) is 0 Å². The fraction of sp³-hybridized carbons (Fsp3) is 0.360. The predicted octanol–water partition coefficient (Wildman–Crippen LogP) is 3.35. The van der Waals surface area contributed by atoms with E-state index in [4.69, 9.17) is 4.74 Å². The molecule has 1 fully saturated rings. The van der Waals surface area contributed by atoms with E-state index in [1.807, 2.05) is 30.3 Å². The van der Waals surface area contributed by atoms with Crippen molar-refractivity contribution in [2.75, 3.05) is 18.4 Å². The van der Waals surface area contributed by atoms with E-state index in [0.29, 0.717) is 50.5 Å². The standard InChI is InChI=1S/C25H27N5O3/c1-17-7-9-18(10-8-17)22-15-30-21(16-33-22)23(27-28-30)25(32)29-13-11-19(12-14-29)24(31)26-20-5-3-2-4-6-20/h2-10,19,22H,11-16H2,1H3,(H,26,31). The molecule has 1 saturated heterocycles. The number of ether oxygens (including phenoxy) is 1. The molecule has 5 rings (SSSR count). The van der Waals surface area contributed by atoms with Gasteiger partial charge in [0.05, 0.1) is 18.8 Å². The number of nitrogens with one attached hydrogen (secondary N) is 1. The maximum atomic E-state index is 13.1. The molecular weight excluding hydrogens is 418 g/mol. The van der Waals surface area contributed by atoms with Crippen LogP contribution in [0.3, 0.4) is 0 Å². The van der Waals surface area contributed by atoms with Gasteiger partial charge < -0.3 is 15.0 Å². The predicted molar refractivity (Wildman–Crippen MR) is 122 cm³/mol. The van der Waals surface area contributed by atoms with Crippen LogP contribution in [0.1, 0.15) is 46.3 Å². The molecule has 170 valence electrons. The number of aromatic nitrogens is 3. The summed E-state index contributed by atoms with van der Waals surface area (Å²) in [6, 6.07) is 17.7. The van der Waals surface area contributed by atoms with Gasteiger partial charge in [-0.25, -0.2) is 4.68 Å². The summed E-state index contributed by atoms with van der Waals surface area (Å²) >= 11 is 0. The van der Waals surface area contributed by atoms with E-state index in [0.717, 1.165) is 11.3 Å². The molecule has 1 N–H and O–H groups in total. The van der Waals surface area contributed by atoms with E-state index in [-0.39, 0.29) is 23.8 Å². The highest BCUT2D eigenvalue weighted by Crippen LogP contribution is 2.28. The molecule has 2 aliphatic heterocycles. The Balaban J connectivity index is 1.19. The summed E-state index contributed by atoms with van der Waals surface area (Å²) in [6.07, 6.45) is 1.14. The Morgan fingerprint density at radius 3 is 2.48 bits per heavy atom. The van der Waals surface area contributed by atoms with E-state index in [9.17, 15) is 9.59 Å². The number of piperidine rings is 1. The van der Waals surface area contributed by atoms with Crippen LogP contribution in [-0.4, -0.2) is 44.8 Å². The first kappa shape index (κ1) is 21.3. The van der Waals surface area contributed by atoms with Crippen molar-refractivity contribution in [2.45, 2.75) is 39.0 Å². The monoisotopic (exact) mass is 445 g/mol. The van der Waals surface area contributed by atoms with Crippen LogP contribution in [0.2, 0.25) is 0 Å². The first-order valence-corrected chi connectivity index (χ1v) is 11.3. The quantitative estimate of drug-likeness (QED) is 0.665. The SMILES string of the molecule is Cc1ccc(C2Cn3nnc(C(=O)N4CCC(C(=O)Nc5ccccc5)CC4)c3CO2)cc1. The fourth-order valence-electron chi connectivity index (χ4n) is 4.42. The second kappa shape index (κ2) is 9.15. The van der Waals surface area contributed by atoms with Gasteiger partial charge in [0, 0.05) is 24.7 Å². The van der Waals surface area contributed by atoms with E-state index in [1.165, 1.54) is 5.56 Å². The van der Waals surface area contributed by atoms with Gasteiger partial charge in [-0.3, -0.25) is 9.59 Å². The van der Waals surface area contributed by atoms with E-state index >= 15 is 0 Å². The molecule has 3 heterocycles. The zero-order chi connectivity index (χ0) is 22.8. The van der Waals surface area contributed by atoms with Gasteiger partial charge in [0.15, 0.2) is 5.69 Å². The Morgan fingerprint density at radius 1 is 1.03 bits per heavy atom. The fourth-order valence-corrected chi connectivity index (χ4v) is 4.42. The number of amides is 2. The van der Waals surface area contributed by atoms with Gasteiger partial charge in [-0.05, 0) is 37.5 Å². The maximum absolute atomic E-state index is 13.1. The first-order valence-electron chi connectivity index (χ1n) is 11.3. The lowest BCUT2D eigenvalue weighted by molar-refractivity contribution is -0.121. The van der Waals surface area contributed by atoms with Crippen LogP contribution in [-0.2, 0) is 22.7 Å². The number of hydrogen-bond acceptors (Lipinski definition) is 5. The number of carbonyl (C=O) groups is 2. The summed E-state index contributed by atoms with van der Waals surface area (Å²) in [5, 5.41) is 11.4. The van der Waals surface area contributed by atoms with Gasteiger partial charge in [-0.15, -0.1) is 5.10 Å². The zero-order valence-corrected chi connectivity index (χ0v) is 18.6. The summed E-state index contributed by atoms with van der Waals surface area (Å²) in [7, 11) is 0. The Kier molecular flexibility index (Phi) is 5.92. The van der Waals surface area contributed by atoms with E-state index < -0.39 is 0 Å². The molecular formula is C25H27N5O3. The number of benzene rings is 2. The van der Waals surface area contributed by atoms with Crippen molar-refractivity contribution >= 4 is 17.5 Å². The smallest absolute Gasteiger partial charge is 0.276 e. The lowest BCUT2D eigenvalue weighted by Crippen LogP contribution is -2.42. The normalized spacial score (nSPS) is 18.6. The summed E-state index contributed by atoms with van der Waals surface area (Å²) in [5.41, 5.74) is 4.15.